The summed E-state index contributed by atoms with van der Waals surface area (Å²) in [5.74, 6) is 1.26. The first kappa shape index (κ1) is 12.8. The zero-order valence-electron chi connectivity index (χ0n) is 11.1. The average molecular weight is 252 g/mol. The molecule has 1 aliphatic rings. The number of hydrogen-bond acceptors (Lipinski definition) is 7. The lowest BCUT2D eigenvalue weighted by Crippen LogP contribution is -2.31. The number of nitrogen functional groups attached to an aromatic ring is 1. The van der Waals surface area contributed by atoms with Crippen LogP contribution >= 0.6 is 0 Å². The van der Waals surface area contributed by atoms with Gasteiger partial charge in [-0.15, -0.1) is 0 Å². The summed E-state index contributed by atoms with van der Waals surface area (Å²) in [7, 11) is 3.73. The van der Waals surface area contributed by atoms with E-state index in [-0.39, 0.29) is 18.1 Å². The van der Waals surface area contributed by atoms with E-state index in [0.29, 0.717) is 11.9 Å². The minimum atomic E-state index is 0.157. The molecular formula is C11H20N6O. The van der Waals surface area contributed by atoms with Crippen LogP contribution in [0.15, 0.2) is 0 Å². The Labute approximate surface area is 107 Å². The molecule has 1 aliphatic heterocycles. The van der Waals surface area contributed by atoms with E-state index in [1.807, 2.05) is 14.1 Å². The smallest absolute Gasteiger partial charge is 0.231 e. The molecule has 0 radical (unpaired) electrons. The molecule has 3 N–H and O–H groups in total. The van der Waals surface area contributed by atoms with Gasteiger partial charge >= 0.3 is 0 Å². The van der Waals surface area contributed by atoms with E-state index >= 15 is 0 Å². The van der Waals surface area contributed by atoms with Crippen molar-refractivity contribution in [3.05, 3.63) is 0 Å². The van der Waals surface area contributed by atoms with Crippen LogP contribution in [-0.2, 0) is 4.74 Å². The lowest BCUT2D eigenvalue weighted by molar-refractivity contribution is 0.0994. The van der Waals surface area contributed by atoms with Gasteiger partial charge < -0.3 is 20.7 Å². The Bertz CT molecular complexity index is 405. The summed E-state index contributed by atoms with van der Waals surface area (Å²) in [6.45, 7) is 2.89. The van der Waals surface area contributed by atoms with Crippen molar-refractivity contribution >= 4 is 17.8 Å². The number of ether oxygens (including phenoxy) is 1. The Kier molecular flexibility index (Phi) is 3.81. The molecular weight excluding hydrogens is 232 g/mol. The fourth-order valence-corrected chi connectivity index (χ4v) is 1.94. The molecule has 0 aliphatic carbocycles. The fraction of sp³-hybridized carbons (Fsp3) is 0.727. The van der Waals surface area contributed by atoms with Gasteiger partial charge in [-0.3, -0.25) is 0 Å². The van der Waals surface area contributed by atoms with Crippen LogP contribution in [0, 0.1) is 0 Å². The first-order valence-electron chi connectivity index (χ1n) is 6.13. The van der Waals surface area contributed by atoms with Crippen LogP contribution < -0.4 is 16.0 Å². The summed E-state index contributed by atoms with van der Waals surface area (Å²) in [6.07, 6.45) is 2.39. The van der Waals surface area contributed by atoms with Gasteiger partial charge in [-0.25, -0.2) is 0 Å². The van der Waals surface area contributed by atoms with E-state index in [1.54, 1.807) is 4.90 Å². The maximum absolute atomic E-state index is 5.67. The van der Waals surface area contributed by atoms with Gasteiger partial charge in [0.15, 0.2) is 0 Å². The summed E-state index contributed by atoms with van der Waals surface area (Å²) < 4.78 is 5.62. The van der Waals surface area contributed by atoms with Crippen LogP contribution in [0.3, 0.4) is 0 Å². The number of rotatable bonds is 4. The molecule has 2 unspecified atom stereocenters. The molecule has 1 fully saturated rings. The van der Waals surface area contributed by atoms with E-state index in [0.717, 1.165) is 19.4 Å². The summed E-state index contributed by atoms with van der Waals surface area (Å²) in [4.78, 5) is 14.2. The van der Waals surface area contributed by atoms with E-state index in [4.69, 9.17) is 10.5 Å². The number of anilines is 3. The molecule has 0 spiro atoms. The van der Waals surface area contributed by atoms with Crippen LogP contribution in [-0.4, -0.2) is 47.8 Å². The topological polar surface area (TPSA) is 89.2 Å². The van der Waals surface area contributed by atoms with Gasteiger partial charge in [0, 0.05) is 20.7 Å². The predicted molar refractivity (Wildman–Crippen MR) is 70.6 cm³/mol. The van der Waals surface area contributed by atoms with Crippen molar-refractivity contribution in [3.63, 3.8) is 0 Å². The van der Waals surface area contributed by atoms with Gasteiger partial charge in [0.05, 0.1) is 12.1 Å². The Balaban J connectivity index is 2.08. The van der Waals surface area contributed by atoms with Crippen LogP contribution in [0.2, 0.25) is 0 Å². The highest BCUT2D eigenvalue weighted by atomic mass is 16.5. The van der Waals surface area contributed by atoms with Crippen LogP contribution in [0.1, 0.15) is 19.8 Å². The van der Waals surface area contributed by atoms with Crippen molar-refractivity contribution in [2.24, 2.45) is 0 Å². The monoisotopic (exact) mass is 252 g/mol. The van der Waals surface area contributed by atoms with Crippen LogP contribution in [0.5, 0.6) is 0 Å². The van der Waals surface area contributed by atoms with Gasteiger partial charge in [-0.05, 0) is 19.8 Å². The highest BCUT2D eigenvalue weighted by molar-refractivity contribution is 5.41. The highest BCUT2D eigenvalue weighted by Gasteiger charge is 2.23. The second-order valence-corrected chi connectivity index (χ2v) is 4.70. The summed E-state index contributed by atoms with van der Waals surface area (Å²) in [5, 5.41) is 3.23. The largest absolute Gasteiger partial charge is 0.376 e. The molecule has 7 heteroatoms. The zero-order chi connectivity index (χ0) is 13.1. The maximum atomic E-state index is 5.67. The summed E-state index contributed by atoms with van der Waals surface area (Å²) >= 11 is 0. The van der Waals surface area contributed by atoms with E-state index in [9.17, 15) is 0 Å². The molecule has 0 saturated carbocycles. The highest BCUT2D eigenvalue weighted by Crippen LogP contribution is 2.18. The van der Waals surface area contributed by atoms with Crippen LogP contribution in [0.25, 0.3) is 0 Å². The molecule has 2 rings (SSSR count). The SMILES string of the molecule is CC(Nc1nc(N)nc(N(C)C)n1)C1CCCO1. The second kappa shape index (κ2) is 5.34. The molecule has 1 aromatic heterocycles. The quantitative estimate of drug-likeness (QED) is 0.806. The van der Waals surface area contributed by atoms with Crippen molar-refractivity contribution in [1.82, 2.24) is 15.0 Å². The first-order valence-corrected chi connectivity index (χ1v) is 6.13. The van der Waals surface area contributed by atoms with Crippen molar-refractivity contribution in [2.45, 2.75) is 31.9 Å². The molecule has 7 nitrogen and oxygen atoms in total. The first-order chi connectivity index (χ1) is 8.56. The lowest BCUT2D eigenvalue weighted by Gasteiger charge is -2.20. The van der Waals surface area contributed by atoms with Crippen molar-refractivity contribution in [2.75, 3.05) is 36.7 Å². The number of nitrogens with one attached hydrogen (secondary N) is 1. The minimum Gasteiger partial charge on any atom is -0.376 e. The standard InChI is InChI=1S/C11H20N6O/c1-7(8-5-4-6-18-8)13-10-14-9(12)15-11(16-10)17(2)3/h7-8H,4-6H2,1-3H3,(H3,12,13,14,15,16). The van der Waals surface area contributed by atoms with Gasteiger partial charge in [0.25, 0.3) is 0 Å². The molecule has 100 valence electrons. The third-order valence-electron chi connectivity index (χ3n) is 2.92. The van der Waals surface area contributed by atoms with E-state index in [1.165, 1.54) is 0 Å². The van der Waals surface area contributed by atoms with Gasteiger partial charge in [0.2, 0.25) is 17.8 Å². The number of hydrogen-bond donors (Lipinski definition) is 2. The Hall–Kier alpha value is -1.63. The molecule has 0 amide bonds. The molecule has 18 heavy (non-hydrogen) atoms. The van der Waals surface area contributed by atoms with Crippen molar-refractivity contribution < 1.29 is 4.74 Å². The third kappa shape index (κ3) is 2.98. The van der Waals surface area contributed by atoms with Gasteiger partial charge in [-0.1, -0.05) is 0 Å². The van der Waals surface area contributed by atoms with Gasteiger partial charge in [0.1, 0.15) is 0 Å². The van der Waals surface area contributed by atoms with E-state index < -0.39 is 0 Å². The predicted octanol–water partition coefficient (Wildman–Crippen LogP) is 0.499. The molecule has 2 atom stereocenters. The normalized spacial score (nSPS) is 20.7. The van der Waals surface area contributed by atoms with Crippen LogP contribution in [0.4, 0.5) is 17.8 Å². The Morgan fingerprint density at radius 1 is 1.39 bits per heavy atom. The summed E-state index contributed by atoms with van der Waals surface area (Å²) in [5.41, 5.74) is 5.67. The summed E-state index contributed by atoms with van der Waals surface area (Å²) in [6, 6.07) is 0.157. The average Bonchev–Trinajstić information content (AvgIpc) is 2.81. The molecule has 1 aromatic rings. The minimum absolute atomic E-state index is 0.157. The third-order valence-corrected chi connectivity index (χ3v) is 2.92. The van der Waals surface area contributed by atoms with E-state index in [2.05, 4.69) is 27.2 Å². The molecule has 0 bridgehead atoms. The lowest BCUT2D eigenvalue weighted by atomic mass is 10.1. The Morgan fingerprint density at radius 3 is 2.78 bits per heavy atom. The number of nitrogens with zero attached hydrogens (tertiary/aromatic N) is 4. The Morgan fingerprint density at radius 2 is 2.17 bits per heavy atom. The van der Waals surface area contributed by atoms with Gasteiger partial charge in [-0.2, -0.15) is 15.0 Å². The molecule has 1 saturated heterocycles. The molecule has 2 heterocycles. The zero-order valence-corrected chi connectivity index (χ0v) is 11.1. The number of nitrogens with two attached hydrogens (primary N) is 1. The number of aromatic nitrogens is 3. The fourth-order valence-electron chi connectivity index (χ4n) is 1.94. The molecule has 0 aromatic carbocycles. The second-order valence-electron chi connectivity index (χ2n) is 4.70. The van der Waals surface area contributed by atoms with Crippen molar-refractivity contribution in [3.8, 4) is 0 Å². The van der Waals surface area contributed by atoms with Crippen molar-refractivity contribution in [1.29, 1.82) is 0 Å². The maximum Gasteiger partial charge on any atom is 0.231 e.